The van der Waals surface area contributed by atoms with Crippen LogP contribution >= 0.6 is 0 Å². The SMILES string of the molecule is CCCCCCCC/C=C\CCCC(CC(=O)NC(CO)C(O)CCCCCCCCCCC)OC(=O)CCCCCCCCCCCCCCC. The first-order valence-corrected chi connectivity index (χ1v) is 22.9. The standard InChI is InChI=1S/C46H89NO5/c1-4-7-10-13-16-19-21-22-24-27-30-33-36-39-46(51)52-42(37-34-31-28-26-23-20-17-14-11-8-5-2)40-45(50)47-43(41-48)44(49)38-35-32-29-25-18-15-12-9-6-3/h26,28,42-44,48-49H,4-25,27,29-41H2,1-3H3,(H,47,50)/b28-26-. The molecule has 6 nitrogen and oxygen atoms in total. The van der Waals surface area contributed by atoms with Gasteiger partial charge >= 0.3 is 5.97 Å². The predicted octanol–water partition coefficient (Wildman–Crippen LogP) is 13.0. The van der Waals surface area contributed by atoms with Gasteiger partial charge in [-0.05, 0) is 44.9 Å². The molecular weight excluding hydrogens is 647 g/mol. The number of allylic oxidation sites excluding steroid dienone is 2. The fourth-order valence-electron chi connectivity index (χ4n) is 7.08. The minimum Gasteiger partial charge on any atom is -0.462 e. The first-order valence-electron chi connectivity index (χ1n) is 22.9. The van der Waals surface area contributed by atoms with E-state index in [0.29, 0.717) is 19.3 Å². The van der Waals surface area contributed by atoms with E-state index in [1.165, 1.54) is 141 Å². The summed E-state index contributed by atoms with van der Waals surface area (Å²) < 4.78 is 5.88. The molecular formula is C46H89NO5. The van der Waals surface area contributed by atoms with Crippen molar-refractivity contribution in [2.45, 2.75) is 264 Å². The maximum atomic E-state index is 13.1. The van der Waals surface area contributed by atoms with E-state index in [0.717, 1.165) is 57.8 Å². The zero-order chi connectivity index (χ0) is 38.2. The first kappa shape index (κ1) is 50.6. The third-order valence-corrected chi connectivity index (χ3v) is 10.6. The van der Waals surface area contributed by atoms with E-state index >= 15 is 0 Å². The van der Waals surface area contributed by atoms with Crippen molar-refractivity contribution in [2.75, 3.05) is 6.61 Å². The van der Waals surface area contributed by atoms with Gasteiger partial charge < -0.3 is 20.3 Å². The molecule has 0 aromatic carbocycles. The van der Waals surface area contributed by atoms with E-state index in [1.807, 2.05) is 0 Å². The third-order valence-electron chi connectivity index (χ3n) is 10.6. The molecule has 1 amide bonds. The lowest BCUT2D eigenvalue weighted by atomic mass is 10.0. The summed E-state index contributed by atoms with van der Waals surface area (Å²) in [6, 6.07) is -0.700. The number of aliphatic hydroxyl groups excluding tert-OH is 2. The average Bonchev–Trinajstić information content (AvgIpc) is 3.13. The van der Waals surface area contributed by atoms with Crippen LogP contribution in [-0.2, 0) is 14.3 Å². The average molecular weight is 736 g/mol. The summed E-state index contributed by atoms with van der Waals surface area (Å²) in [7, 11) is 0. The van der Waals surface area contributed by atoms with Crippen molar-refractivity contribution < 1.29 is 24.5 Å². The molecule has 3 N–H and O–H groups in total. The molecule has 0 aromatic heterocycles. The van der Waals surface area contributed by atoms with Crippen LogP contribution in [0.25, 0.3) is 0 Å². The van der Waals surface area contributed by atoms with Crippen LogP contribution in [-0.4, -0.2) is 46.9 Å². The van der Waals surface area contributed by atoms with Crippen molar-refractivity contribution in [2.24, 2.45) is 0 Å². The molecule has 3 unspecified atom stereocenters. The second kappa shape index (κ2) is 40.8. The first-order chi connectivity index (χ1) is 25.5. The van der Waals surface area contributed by atoms with Gasteiger partial charge in [-0.25, -0.2) is 0 Å². The molecule has 52 heavy (non-hydrogen) atoms. The summed E-state index contributed by atoms with van der Waals surface area (Å²) in [5.41, 5.74) is 0. The van der Waals surface area contributed by atoms with Gasteiger partial charge in [-0.1, -0.05) is 200 Å². The Bertz CT molecular complexity index is 787. The van der Waals surface area contributed by atoms with Gasteiger partial charge in [0.25, 0.3) is 0 Å². The van der Waals surface area contributed by atoms with E-state index in [-0.39, 0.29) is 24.9 Å². The Balaban J connectivity index is 4.58. The lowest BCUT2D eigenvalue weighted by Gasteiger charge is -2.24. The van der Waals surface area contributed by atoms with Gasteiger partial charge in [-0.2, -0.15) is 0 Å². The Labute approximate surface area is 323 Å². The van der Waals surface area contributed by atoms with Crippen LogP contribution in [0.5, 0.6) is 0 Å². The maximum absolute atomic E-state index is 13.1. The predicted molar refractivity (Wildman–Crippen MR) is 223 cm³/mol. The van der Waals surface area contributed by atoms with Crippen molar-refractivity contribution in [3.63, 3.8) is 0 Å². The Morgan fingerprint density at radius 1 is 0.538 bits per heavy atom. The highest BCUT2D eigenvalue weighted by Crippen LogP contribution is 2.17. The number of hydrogen-bond acceptors (Lipinski definition) is 5. The van der Waals surface area contributed by atoms with E-state index in [4.69, 9.17) is 4.74 Å². The Hall–Kier alpha value is -1.40. The van der Waals surface area contributed by atoms with Crippen LogP contribution in [0.15, 0.2) is 12.2 Å². The van der Waals surface area contributed by atoms with E-state index < -0.39 is 18.2 Å². The highest BCUT2D eigenvalue weighted by Gasteiger charge is 2.24. The lowest BCUT2D eigenvalue weighted by Crippen LogP contribution is -2.46. The van der Waals surface area contributed by atoms with E-state index in [9.17, 15) is 19.8 Å². The monoisotopic (exact) mass is 736 g/mol. The number of carbonyl (C=O) groups excluding carboxylic acids is 2. The second-order valence-corrected chi connectivity index (χ2v) is 15.8. The largest absolute Gasteiger partial charge is 0.462 e. The molecule has 0 fully saturated rings. The number of rotatable bonds is 41. The van der Waals surface area contributed by atoms with Crippen LogP contribution in [0.3, 0.4) is 0 Å². The van der Waals surface area contributed by atoms with Gasteiger partial charge in [0, 0.05) is 6.42 Å². The number of hydrogen-bond donors (Lipinski definition) is 3. The van der Waals surface area contributed by atoms with Crippen LogP contribution in [0, 0.1) is 0 Å². The summed E-state index contributed by atoms with van der Waals surface area (Å²) >= 11 is 0. The van der Waals surface area contributed by atoms with Gasteiger partial charge in [0.2, 0.25) is 5.91 Å². The summed E-state index contributed by atoms with van der Waals surface area (Å²) in [5.74, 6) is -0.494. The number of unbranched alkanes of at least 4 members (excludes halogenated alkanes) is 27. The smallest absolute Gasteiger partial charge is 0.306 e. The number of ether oxygens (including phenoxy) is 1. The second-order valence-electron chi connectivity index (χ2n) is 15.8. The highest BCUT2D eigenvalue weighted by molar-refractivity contribution is 5.77. The Morgan fingerprint density at radius 2 is 0.942 bits per heavy atom. The molecule has 0 rings (SSSR count). The number of esters is 1. The number of aliphatic hydroxyl groups is 2. The van der Waals surface area contributed by atoms with Crippen molar-refractivity contribution in [1.29, 1.82) is 0 Å². The molecule has 0 bridgehead atoms. The normalized spacial score (nSPS) is 13.4. The molecule has 0 saturated heterocycles. The molecule has 0 aliphatic carbocycles. The number of carbonyl (C=O) groups is 2. The van der Waals surface area contributed by atoms with Crippen LogP contribution in [0.2, 0.25) is 0 Å². The molecule has 0 saturated carbocycles. The summed E-state index contributed by atoms with van der Waals surface area (Å²) in [6.45, 7) is 6.44. The zero-order valence-electron chi connectivity index (χ0n) is 35.0. The van der Waals surface area contributed by atoms with E-state index in [2.05, 4.69) is 38.2 Å². The molecule has 0 aromatic rings. The maximum Gasteiger partial charge on any atom is 0.306 e. The van der Waals surface area contributed by atoms with Crippen LogP contribution in [0.1, 0.15) is 245 Å². The zero-order valence-corrected chi connectivity index (χ0v) is 35.0. The lowest BCUT2D eigenvalue weighted by molar-refractivity contribution is -0.151. The summed E-state index contributed by atoms with van der Waals surface area (Å²) in [5, 5.41) is 23.5. The highest BCUT2D eigenvalue weighted by atomic mass is 16.5. The molecule has 0 radical (unpaired) electrons. The molecule has 0 spiro atoms. The minimum atomic E-state index is -0.785. The van der Waals surface area contributed by atoms with Gasteiger partial charge in [-0.3, -0.25) is 9.59 Å². The molecule has 3 atom stereocenters. The van der Waals surface area contributed by atoms with Crippen molar-refractivity contribution in [3.05, 3.63) is 12.2 Å². The van der Waals surface area contributed by atoms with Crippen molar-refractivity contribution >= 4 is 11.9 Å². The van der Waals surface area contributed by atoms with Gasteiger partial charge in [0.1, 0.15) is 6.10 Å². The molecule has 0 aliphatic heterocycles. The van der Waals surface area contributed by atoms with Gasteiger partial charge in [-0.15, -0.1) is 0 Å². The third kappa shape index (κ3) is 35.6. The topological polar surface area (TPSA) is 95.9 Å². The molecule has 308 valence electrons. The van der Waals surface area contributed by atoms with Crippen molar-refractivity contribution in [3.8, 4) is 0 Å². The Kier molecular flexibility index (Phi) is 39.7. The summed E-state index contributed by atoms with van der Waals surface area (Å²) in [6.07, 6.45) is 42.7. The van der Waals surface area contributed by atoms with Gasteiger partial charge in [0.05, 0.1) is 25.2 Å². The fourth-order valence-corrected chi connectivity index (χ4v) is 7.08. The molecule has 0 aliphatic rings. The van der Waals surface area contributed by atoms with Crippen molar-refractivity contribution in [1.82, 2.24) is 5.32 Å². The summed E-state index contributed by atoms with van der Waals surface area (Å²) in [4.78, 5) is 25.9. The quantitative estimate of drug-likeness (QED) is 0.0330. The minimum absolute atomic E-state index is 0.0626. The fraction of sp³-hybridized carbons (Fsp3) is 0.913. The van der Waals surface area contributed by atoms with Gasteiger partial charge in [0.15, 0.2) is 0 Å². The van der Waals surface area contributed by atoms with Crippen LogP contribution < -0.4 is 5.32 Å². The molecule has 6 heteroatoms. The Morgan fingerprint density at radius 3 is 1.40 bits per heavy atom. The molecule has 0 heterocycles. The van der Waals surface area contributed by atoms with E-state index in [1.54, 1.807) is 0 Å². The number of nitrogens with one attached hydrogen (secondary N) is 1. The van der Waals surface area contributed by atoms with Crippen LogP contribution in [0.4, 0.5) is 0 Å². The number of amides is 1.